The maximum absolute atomic E-state index is 13.2. The van der Waals surface area contributed by atoms with Crippen molar-refractivity contribution in [2.45, 2.75) is 39.5 Å². The number of ether oxygens (including phenoxy) is 4. The number of hydrogen-bond donors (Lipinski definition) is 0. The van der Waals surface area contributed by atoms with Crippen LogP contribution in [-0.2, 0) is 44.5 Å². The van der Waals surface area contributed by atoms with Crippen LogP contribution in [0.3, 0.4) is 0 Å². The Hall–Kier alpha value is -3.72. The number of carbonyl (C=O) groups is 5. The Morgan fingerprint density at radius 1 is 0.750 bits per heavy atom. The SMILES string of the molecule is CCc1ccc(C(=O)CC(c2ccc(Cl)cc2)C(C(=O)OCOC(C)=O)C(=O)OCOC(C)=O)cc1. The third-order valence-corrected chi connectivity index (χ3v) is 5.48. The van der Waals surface area contributed by atoms with E-state index >= 15 is 0 Å². The maximum atomic E-state index is 13.2. The monoisotopic (exact) mass is 518 g/mol. The minimum Gasteiger partial charge on any atom is -0.428 e. The molecule has 9 nitrogen and oxygen atoms in total. The number of esters is 4. The van der Waals surface area contributed by atoms with Gasteiger partial charge >= 0.3 is 23.9 Å². The zero-order valence-corrected chi connectivity index (χ0v) is 20.9. The lowest BCUT2D eigenvalue weighted by atomic mass is 9.81. The van der Waals surface area contributed by atoms with E-state index in [1.54, 1.807) is 36.4 Å². The van der Waals surface area contributed by atoms with Gasteiger partial charge in [0.25, 0.3) is 0 Å². The normalized spacial score (nSPS) is 11.4. The van der Waals surface area contributed by atoms with Gasteiger partial charge in [-0.3, -0.25) is 24.0 Å². The van der Waals surface area contributed by atoms with E-state index in [0.717, 1.165) is 25.8 Å². The number of benzene rings is 2. The molecule has 2 rings (SSSR count). The lowest BCUT2D eigenvalue weighted by Crippen LogP contribution is -2.35. The van der Waals surface area contributed by atoms with E-state index in [9.17, 15) is 24.0 Å². The molecule has 0 bridgehead atoms. The van der Waals surface area contributed by atoms with Crippen LogP contribution in [0.5, 0.6) is 0 Å². The number of ketones is 1. The number of aryl methyl sites for hydroxylation is 1. The average Bonchev–Trinajstić information content (AvgIpc) is 2.83. The van der Waals surface area contributed by atoms with Crippen LogP contribution < -0.4 is 0 Å². The van der Waals surface area contributed by atoms with Gasteiger partial charge in [0.05, 0.1) is 0 Å². The fourth-order valence-corrected chi connectivity index (χ4v) is 3.45. The van der Waals surface area contributed by atoms with Crippen molar-refractivity contribution in [3.05, 3.63) is 70.2 Å². The van der Waals surface area contributed by atoms with E-state index in [1.165, 1.54) is 0 Å². The smallest absolute Gasteiger partial charge is 0.323 e. The molecule has 0 heterocycles. The lowest BCUT2D eigenvalue weighted by molar-refractivity contribution is -0.179. The highest BCUT2D eigenvalue weighted by molar-refractivity contribution is 6.30. The van der Waals surface area contributed by atoms with Crippen LogP contribution in [0.4, 0.5) is 0 Å². The van der Waals surface area contributed by atoms with Gasteiger partial charge in [0, 0.05) is 36.8 Å². The highest BCUT2D eigenvalue weighted by Gasteiger charge is 2.40. The molecule has 2 aromatic rings. The van der Waals surface area contributed by atoms with Gasteiger partial charge in [-0.1, -0.05) is 54.9 Å². The first-order chi connectivity index (χ1) is 17.1. The first kappa shape index (κ1) is 28.5. The number of Topliss-reactive ketones (excluding diaryl/α,β-unsaturated/α-hetero) is 1. The first-order valence-corrected chi connectivity index (χ1v) is 11.5. The summed E-state index contributed by atoms with van der Waals surface area (Å²) in [6, 6.07) is 13.2. The Kier molecular flexibility index (Phi) is 11.1. The summed E-state index contributed by atoms with van der Waals surface area (Å²) >= 11 is 6.00. The fraction of sp³-hybridized carbons (Fsp3) is 0.346. The highest BCUT2D eigenvalue weighted by Crippen LogP contribution is 2.33. The van der Waals surface area contributed by atoms with Crippen LogP contribution in [0.15, 0.2) is 48.5 Å². The summed E-state index contributed by atoms with van der Waals surface area (Å²) in [7, 11) is 0. The van der Waals surface area contributed by atoms with Crippen molar-refractivity contribution in [2.24, 2.45) is 5.92 Å². The van der Waals surface area contributed by atoms with Crippen LogP contribution in [0.2, 0.25) is 5.02 Å². The molecule has 0 fully saturated rings. The van der Waals surface area contributed by atoms with Crippen LogP contribution in [0.25, 0.3) is 0 Å². The van der Waals surface area contributed by atoms with Crippen molar-refractivity contribution in [1.29, 1.82) is 0 Å². The molecule has 0 aliphatic rings. The molecular weight excluding hydrogens is 492 g/mol. The van der Waals surface area contributed by atoms with Gasteiger partial charge in [-0.15, -0.1) is 0 Å². The molecule has 0 saturated heterocycles. The Morgan fingerprint density at radius 3 is 1.69 bits per heavy atom. The van der Waals surface area contributed by atoms with Crippen LogP contribution >= 0.6 is 11.6 Å². The molecule has 10 heteroatoms. The molecule has 0 radical (unpaired) electrons. The summed E-state index contributed by atoms with van der Waals surface area (Å²) in [6.45, 7) is 2.76. The molecule has 36 heavy (non-hydrogen) atoms. The lowest BCUT2D eigenvalue weighted by Gasteiger charge is -2.24. The Morgan fingerprint density at radius 2 is 1.25 bits per heavy atom. The molecule has 1 unspecified atom stereocenters. The Balaban J connectivity index is 2.41. The zero-order chi connectivity index (χ0) is 26.7. The molecule has 0 aliphatic carbocycles. The van der Waals surface area contributed by atoms with E-state index in [1.807, 2.05) is 19.1 Å². The minimum atomic E-state index is -1.64. The molecule has 0 saturated carbocycles. The van der Waals surface area contributed by atoms with Crippen molar-refractivity contribution < 1.29 is 42.9 Å². The summed E-state index contributed by atoms with van der Waals surface area (Å²) in [4.78, 5) is 61.3. The third-order valence-electron chi connectivity index (χ3n) is 5.22. The van der Waals surface area contributed by atoms with Crippen molar-refractivity contribution in [3.8, 4) is 0 Å². The van der Waals surface area contributed by atoms with Gasteiger partial charge in [0.15, 0.2) is 11.7 Å². The van der Waals surface area contributed by atoms with Crippen LogP contribution in [0.1, 0.15) is 54.6 Å². The maximum Gasteiger partial charge on any atom is 0.323 e. The molecule has 0 spiro atoms. The second-order valence-electron chi connectivity index (χ2n) is 7.75. The Labute approximate surface area is 213 Å². The third kappa shape index (κ3) is 8.81. The quantitative estimate of drug-likeness (QED) is 0.177. The molecule has 0 N–H and O–H groups in total. The number of rotatable bonds is 12. The Bertz CT molecular complexity index is 1050. The molecule has 2 aromatic carbocycles. The van der Waals surface area contributed by atoms with Crippen LogP contribution in [0, 0.1) is 5.92 Å². The van der Waals surface area contributed by atoms with Gasteiger partial charge in [-0.25, -0.2) is 0 Å². The molecule has 192 valence electrons. The van der Waals surface area contributed by atoms with Crippen LogP contribution in [-0.4, -0.2) is 43.2 Å². The topological polar surface area (TPSA) is 122 Å². The van der Waals surface area contributed by atoms with Crippen molar-refractivity contribution in [2.75, 3.05) is 13.6 Å². The largest absolute Gasteiger partial charge is 0.428 e. The summed E-state index contributed by atoms with van der Waals surface area (Å²) in [6.07, 6.45) is 0.537. The summed E-state index contributed by atoms with van der Waals surface area (Å²) in [5.74, 6) is -6.57. The van der Waals surface area contributed by atoms with Crippen molar-refractivity contribution >= 4 is 41.3 Å². The van der Waals surface area contributed by atoms with Gasteiger partial charge in [-0.2, -0.15) is 0 Å². The van der Waals surface area contributed by atoms with E-state index in [0.29, 0.717) is 16.1 Å². The molecule has 0 aromatic heterocycles. The van der Waals surface area contributed by atoms with Gasteiger partial charge in [-0.05, 0) is 29.7 Å². The summed E-state index contributed by atoms with van der Waals surface area (Å²) in [5, 5.41) is 0.408. The van der Waals surface area contributed by atoms with Gasteiger partial charge in [0.1, 0.15) is 0 Å². The average molecular weight is 519 g/mol. The predicted molar refractivity (Wildman–Crippen MR) is 128 cm³/mol. The van der Waals surface area contributed by atoms with Crippen molar-refractivity contribution in [3.63, 3.8) is 0 Å². The molecule has 0 aliphatic heterocycles. The fourth-order valence-electron chi connectivity index (χ4n) is 3.33. The number of halogens is 1. The number of carbonyl (C=O) groups excluding carboxylic acids is 5. The zero-order valence-electron chi connectivity index (χ0n) is 20.2. The second kappa shape index (κ2) is 14.0. The minimum absolute atomic E-state index is 0.261. The summed E-state index contributed by atoms with van der Waals surface area (Å²) < 4.78 is 19.2. The molecular formula is C26H27ClO9. The first-order valence-electron chi connectivity index (χ1n) is 11.1. The van der Waals surface area contributed by atoms with E-state index in [-0.39, 0.29) is 12.2 Å². The predicted octanol–water partition coefficient (Wildman–Crippen LogP) is 4.00. The van der Waals surface area contributed by atoms with E-state index in [2.05, 4.69) is 9.47 Å². The van der Waals surface area contributed by atoms with Crippen molar-refractivity contribution in [1.82, 2.24) is 0 Å². The van der Waals surface area contributed by atoms with E-state index < -0.39 is 49.3 Å². The van der Waals surface area contributed by atoms with E-state index in [4.69, 9.17) is 21.1 Å². The van der Waals surface area contributed by atoms with Gasteiger partial charge in [0.2, 0.25) is 13.6 Å². The number of hydrogen-bond acceptors (Lipinski definition) is 9. The summed E-state index contributed by atoms with van der Waals surface area (Å²) in [5.41, 5.74) is 1.88. The van der Waals surface area contributed by atoms with Gasteiger partial charge < -0.3 is 18.9 Å². The molecule has 1 atom stereocenters. The standard InChI is InChI=1S/C26H27ClO9/c1-4-18-5-7-20(8-6-18)23(30)13-22(19-9-11-21(27)12-10-19)24(25(31)35-14-33-16(2)28)26(32)36-15-34-17(3)29/h5-12,22,24H,4,13-15H2,1-3H3. The molecule has 0 amide bonds. The second-order valence-corrected chi connectivity index (χ2v) is 8.18. The highest BCUT2D eigenvalue weighted by atomic mass is 35.5.